The fourth-order valence-corrected chi connectivity index (χ4v) is 3.45. The molecule has 2 aliphatic rings. The summed E-state index contributed by atoms with van der Waals surface area (Å²) in [6.07, 6.45) is 6.66. The largest absolute Gasteiger partial charge is 0.342 e. The third kappa shape index (κ3) is 4.19. The number of carbonyl (C=O) groups excluding carboxylic acids is 2. The summed E-state index contributed by atoms with van der Waals surface area (Å²) in [6, 6.07) is -0.162. The molecule has 2 amide bonds. The number of hydrogen-bond donors (Lipinski definition) is 1. The van der Waals surface area contributed by atoms with Crippen molar-refractivity contribution in [3.63, 3.8) is 0 Å². The van der Waals surface area contributed by atoms with E-state index in [9.17, 15) is 9.59 Å². The molecule has 2 fully saturated rings. The van der Waals surface area contributed by atoms with Crippen molar-refractivity contribution in [3.05, 3.63) is 0 Å². The molecule has 2 unspecified atom stereocenters. The van der Waals surface area contributed by atoms with Gasteiger partial charge >= 0.3 is 0 Å². The van der Waals surface area contributed by atoms with Gasteiger partial charge < -0.3 is 15.1 Å². The van der Waals surface area contributed by atoms with E-state index in [0.717, 1.165) is 25.8 Å². The van der Waals surface area contributed by atoms with Crippen molar-refractivity contribution in [2.24, 2.45) is 5.92 Å². The Kier molecular flexibility index (Phi) is 5.62. The van der Waals surface area contributed by atoms with Crippen LogP contribution in [0.3, 0.4) is 0 Å². The van der Waals surface area contributed by atoms with Gasteiger partial charge in [0.2, 0.25) is 11.8 Å². The second-order valence-electron chi connectivity index (χ2n) is 6.85. The van der Waals surface area contributed by atoms with Gasteiger partial charge in [0.25, 0.3) is 0 Å². The first-order chi connectivity index (χ1) is 9.99. The third-order valence-electron chi connectivity index (χ3n) is 4.83. The zero-order valence-corrected chi connectivity index (χ0v) is 13.6. The summed E-state index contributed by atoms with van der Waals surface area (Å²) < 4.78 is 0. The van der Waals surface area contributed by atoms with Crippen LogP contribution >= 0.6 is 0 Å². The molecule has 5 nitrogen and oxygen atoms in total. The molecular weight excluding hydrogens is 266 g/mol. The van der Waals surface area contributed by atoms with Crippen molar-refractivity contribution < 1.29 is 9.59 Å². The molecule has 2 rings (SSSR count). The van der Waals surface area contributed by atoms with E-state index in [1.165, 1.54) is 19.3 Å². The van der Waals surface area contributed by atoms with Crippen molar-refractivity contribution >= 4 is 11.8 Å². The first-order valence-electron chi connectivity index (χ1n) is 8.23. The average molecular weight is 295 g/mol. The van der Waals surface area contributed by atoms with Gasteiger partial charge in [0, 0.05) is 6.04 Å². The summed E-state index contributed by atoms with van der Waals surface area (Å²) in [5.41, 5.74) is 0. The van der Waals surface area contributed by atoms with Gasteiger partial charge in [-0.15, -0.1) is 0 Å². The molecule has 5 heteroatoms. The number of hydrogen-bond acceptors (Lipinski definition) is 3. The maximum Gasteiger partial charge on any atom is 0.246 e. The topological polar surface area (TPSA) is 52.6 Å². The number of rotatable bonds is 5. The molecular formula is C16H29N3O2. The Hall–Kier alpha value is -1.10. The number of piperazine rings is 1. The van der Waals surface area contributed by atoms with Gasteiger partial charge in [-0.1, -0.05) is 19.3 Å². The van der Waals surface area contributed by atoms with Crippen LogP contribution in [0.2, 0.25) is 0 Å². The molecule has 21 heavy (non-hydrogen) atoms. The van der Waals surface area contributed by atoms with E-state index in [1.54, 1.807) is 4.90 Å². The van der Waals surface area contributed by atoms with Crippen molar-refractivity contribution in [3.8, 4) is 0 Å². The van der Waals surface area contributed by atoms with Crippen LogP contribution in [0, 0.1) is 5.92 Å². The molecule has 0 bridgehead atoms. The fraction of sp³-hybridized carbons (Fsp3) is 0.875. The summed E-state index contributed by atoms with van der Waals surface area (Å²) in [7, 11) is 4.06. The van der Waals surface area contributed by atoms with Gasteiger partial charge in [0.1, 0.15) is 6.04 Å². The molecule has 0 aromatic heterocycles. The minimum Gasteiger partial charge on any atom is -0.342 e. The molecule has 1 heterocycles. The predicted molar refractivity (Wildman–Crippen MR) is 82.9 cm³/mol. The molecule has 0 aromatic carbocycles. The maximum absolute atomic E-state index is 12.8. The zero-order chi connectivity index (χ0) is 15.4. The van der Waals surface area contributed by atoms with Gasteiger partial charge in [0.05, 0.1) is 6.54 Å². The Labute approximate surface area is 128 Å². The Bertz CT molecular complexity index is 378. The molecule has 0 aromatic rings. The lowest BCUT2D eigenvalue weighted by Gasteiger charge is -2.40. The molecule has 1 aliphatic carbocycles. The van der Waals surface area contributed by atoms with E-state index < -0.39 is 0 Å². The van der Waals surface area contributed by atoms with Gasteiger partial charge in [-0.25, -0.2) is 0 Å². The molecule has 120 valence electrons. The average Bonchev–Trinajstić information content (AvgIpc) is 2.47. The van der Waals surface area contributed by atoms with Crippen LogP contribution < -0.4 is 5.32 Å². The predicted octanol–water partition coefficient (Wildman–Crippen LogP) is 1.23. The van der Waals surface area contributed by atoms with Crippen LogP contribution in [0.5, 0.6) is 0 Å². The lowest BCUT2D eigenvalue weighted by Crippen LogP contribution is -2.62. The Balaban J connectivity index is 2.00. The van der Waals surface area contributed by atoms with Crippen LogP contribution in [0.4, 0.5) is 0 Å². The van der Waals surface area contributed by atoms with Crippen molar-refractivity contribution in [1.82, 2.24) is 15.1 Å². The fourth-order valence-electron chi connectivity index (χ4n) is 3.45. The highest BCUT2D eigenvalue weighted by Gasteiger charge is 2.39. The lowest BCUT2D eigenvalue weighted by atomic mass is 9.82. The van der Waals surface area contributed by atoms with E-state index in [-0.39, 0.29) is 30.4 Å². The highest BCUT2D eigenvalue weighted by atomic mass is 16.2. The van der Waals surface area contributed by atoms with Gasteiger partial charge in [-0.2, -0.15) is 0 Å². The van der Waals surface area contributed by atoms with E-state index in [0.29, 0.717) is 5.92 Å². The van der Waals surface area contributed by atoms with Crippen molar-refractivity contribution in [2.45, 2.75) is 57.5 Å². The zero-order valence-electron chi connectivity index (χ0n) is 13.6. The maximum atomic E-state index is 12.8. The summed E-state index contributed by atoms with van der Waals surface area (Å²) in [5, 5.41) is 2.95. The number of amides is 2. The Morgan fingerprint density at radius 2 is 1.90 bits per heavy atom. The first-order valence-corrected chi connectivity index (χ1v) is 8.23. The number of nitrogens with one attached hydrogen (secondary N) is 1. The van der Waals surface area contributed by atoms with Gasteiger partial charge in [-0.3, -0.25) is 9.59 Å². The van der Waals surface area contributed by atoms with Crippen LogP contribution in [0.15, 0.2) is 0 Å². The molecule has 1 saturated carbocycles. The molecule has 1 N–H and O–H groups in total. The first kappa shape index (κ1) is 16.3. The number of nitrogens with zero attached hydrogens (tertiary/aromatic N) is 2. The van der Waals surface area contributed by atoms with Crippen LogP contribution in [0.25, 0.3) is 0 Å². The summed E-state index contributed by atoms with van der Waals surface area (Å²) in [6.45, 7) is 3.20. The minimum atomic E-state index is -0.284. The van der Waals surface area contributed by atoms with E-state index >= 15 is 0 Å². The van der Waals surface area contributed by atoms with Gasteiger partial charge in [-0.05, 0) is 52.7 Å². The van der Waals surface area contributed by atoms with E-state index in [4.69, 9.17) is 0 Å². The molecule has 1 aliphatic heterocycles. The Morgan fingerprint density at radius 1 is 1.24 bits per heavy atom. The lowest BCUT2D eigenvalue weighted by molar-refractivity contribution is -0.148. The van der Waals surface area contributed by atoms with E-state index in [1.807, 2.05) is 14.1 Å². The Morgan fingerprint density at radius 3 is 2.52 bits per heavy atom. The standard InChI is InChI=1S/C16H29N3O2/c1-12(9-10-18(2)3)19-11-14(20)17-15(16(19)21)13-7-5-4-6-8-13/h12-13,15H,4-11H2,1-3H3,(H,17,20). The minimum absolute atomic E-state index is 0.00174. The van der Waals surface area contributed by atoms with Gasteiger partial charge in [0.15, 0.2) is 0 Å². The second kappa shape index (κ2) is 7.25. The SMILES string of the molecule is CC(CCN(C)C)N1CC(=O)NC(C2CCCCC2)C1=O. The van der Waals surface area contributed by atoms with Crippen molar-refractivity contribution in [1.29, 1.82) is 0 Å². The summed E-state index contributed by atoms with van der Waals surface area (Å²) in [4.78, 5) is 28.7. The third-order valence-corrected chi connectivity index (χ3v) is 4.83. The smallest absolute Gasteiger partial charge is 0.246 e. The molecule has 2 atom stereocenters. The molecule has 0 radical (unpaired) electrons. The van der Waals surface area contributed by atoms with Crippen LogP contribution in [0.1, 0.15) is 45.4 Å². The van der Waals surface area contributed by atoms with E-state index in [2.05, 4.69) is 17.1 Å². The molecule has 0 spiro atoms. The monoisotopic (exact) mass is 295 g/mol. The number of carbonyl (C=O) groups is 2. The second-order valence-corrected chi connectivity index (χ2v) is 6.85. The quantitative estimate of drug-likeness (QED) is 0.830. The molecule has 1 saturated heterocycles. The highest BCUT2D eigenvalue weighted by molar-refractivity contribution is 5.95. The normalized spacial score (nSPS) is 26.1. The van der Waals surface area contributed by atoms with Crippen LogP contribution in [-0.4, -0.2) is 60.9 Å². The summed E-state index contributed by atoms with van der Waals surface area (Å²) >= 11 is 0. The van der Waals surface area contributed by atoms with Crippen molar-refractivity contribution in [2.75, 3.05) is 27.2 Å². The van der Waals surface area contributed by atoms with Crippen LogP contribution in [-0.2, 0) is 9.59 Å². The summed E-state index contributed by atoms with van der Waals surface area (Å²) in [5.74, 6) is 0.466. The highest BCUT2D eigenvalue weighted by Crippen LogP contribution is 2.29.